The zero-order valence-electron chi connectivity index (χ0n) is 20.5. The molecule has 12 heteroatoms. The van der Waals surface area contributed by atoms with E-state index in [1.807, 2.05) is 0 Å². The summed E-state index contributed by atoms with van der Waals surface area (Å²) in [6.45, 7) is 5.01. The maximum absolute atomic E-state index is 12.6. The Kier molecular flexibility index (Phi) is 15.9. The Balaban J connectivity index is 5.08. The van der Waals surface area contributed by atoms with E-state index >= 15 is 0 Å². The molecule has 0 unspecified atom stereocenters. The molecule has 0 rings (SSSR count). The predicted molar refractivity (Wildman–Crippen MR) is 128 cm³/mol. The quantitative estimate of drug-likeness (QED) is 0.0886. The molecule has 5 amide bonds. The van der Waals surface area contributed by atoms with Crippen LogP contribution >= 0.6 is 0 Å². The molecule has 0 aliphatic heterocycles. The normalized spacial score (nSPS) is 12.5. The van der Waals surface area contributed by atoms with Gasteiger partial charge < -0.3 is 32.1 Å². The SMILES string of the molecule is CCCCCCCC[C@@H](NC=O)C(=O)N/C(=C/C(=O)O)C(=O)NCC(=O)N/C(=C/C(C)C)C(N)=O. The molecule has 0 bridgehead atoms. The van der Waals surface area contributed by atoms with Crippen molar-refractivity contribution in [1.82, 2.24) is 21.3 Å². The number of hydrogen-bond donors (Lipinski definition) is 6. The van der Waals surface area contributed by atoms with Gasteiger partial charge >= 0.3 is 5.97 Å². The van der Waals surface area contributed by atoms with E-state index in [4.69, 9.17) is 10.8 Å². The van der Waals surface area contributed by atoms with Crippen molar-refractivity contribution in [2.24, 2.45) is 11.7 Å². The van der Waals surface area contributed by atoms with Gasteiger partial charge in [-0.25, -0.2) is 4.79 Å². The van der Waals surface area contributed by atoms with Crippen molar-refractivity contribution in [1.29, 1.82) is 0 Å². The summed E-state index contributed by atoms with van der Waals surface area (Å²) in [5.41, 5.74) is 4.43. The van der Waals surface area contributed by atoms with Gasteiger partial charge in [-0.05, 0) is 12.3 Å². The molecule has 0 saturated carbocycles. The Morgan fingerprint density at radius 3 is 2.11 bits per heavy atom. The summed E-state index contributed by atoms with van der Waals surface area (Å²) in [5, 5.41) is 18.0. The first-order valence-corrected chi connectivity index (χ1v) is 11.6. The van der Waals surface area contributed by atoms with E-state index in [1.165, 1.54) is 6.08 Å². The summed E-state index contributed by atoms with van der Waals surface area (Å²) < 4.78 is 0. The largest absolute Gasteiger partial charge is 0.478 e. The number of unbranched alkanes of at least 4 members (excludes halogenated alkanes) is 5. The molecule has 35 heavy (non-hydrogen) atoms. The van der Waals surface area contributed by atoms with Crippen molar-refractivity contribution >= 4 is 36.0 Å². The van der Waals surface area contributed by atoms with Crippen LogP contribution in [-0.2, 0) is 28.8 Å². The minimum absolute atomic E-state index is 0.0861. The zero-order valence-corrected chi connectivity index (χ0v) is 20.5. The Labute approximate surface area is 205 Å². The monoisotopic (exact) mass is 495 g/mol. The number of primary amides is 1. The van der Waals surface area contributed by atoms with Crippen LogP contribution < -0.4 is 27.0 Å². The van der Waals surface area contributed by atoms with E-state index in [1.54, 1.807) is 13.8 Å². The molecule has 0 heterocycles. The Morgan fingerprint density at radius 2 is 1.57 bits per heavy atom. The molecular formula is C23H37N5O7. The second kappa shape index (κ2) is 17.7. The first-order chi connectivity index (χ1) is 16.5. The summed E-state index contributed by atoms with van der Waals surface area (Å²) in [6.07, 6.45) is 8.35. The Bertz CT molecular complexity index is 821. The highest BCUT2D eigenvalue weighted by Crippen LogP contribution is 2.09. The third-order valence-electron chi connectivity index (χ3n) is 4.65. The summed E-state index contributed by atoms with van der Waals surface area (Å²) in [6, 6.07) is -0.966. The smallest absolute Gasteiger partial charge is 0.330 e. The number of rotatable bonds is 18. The highest BCUT2D eigenvalue weighted by Gasteiger charge is 2.22. The number of nitrogens with one attached hydrogen (secondary N) is 4. The second-order valence-corrected chi connectivity index (χ2v) is 8.20. The highest BCUT2D eigenvalue weighted by atomic mass is 16.4. The number of hydrogen-bond acceptors (Lipinski definition) is 6. The van der Waals surface area contributed by atoms with Crippen molar-refractivity contribution in [2.75, 3.05) is 6.54 Å². The van der Waals surface area contributed by atoms with Crippen LogP contribution in [0.25, 0.3) is 0 Å². The molecule has 12 nitrogen and oxygen atoms in total. The molecule has 0 aliphatic carbocycles. The molecule has 0 radical (unpaired) electrons. The lowest BCUT2D eigenvalue weighted by atomic mass is 10.1. The summed E-state index contributed by atoms with van der Waals surface area (Å²) >= 11 is 0. The zero-order chi connectivity index (χ0) is 26.8. The van der Waals surface area contributed by atoms with Crippen molar-refractivity contribution < 1.29 is 33.9 Å². The molecule has 0 saturated heterocycles. The van der Waals surface area contributed by atoms with Gasteiger partial charge in [0.2, 0.25) is 18.2 Å². The fraction of sp³-hybridized carbons (Fsp3) is 0.565. The molecule has 7 N–H and O–H groups in total. The number of nitrogens with two attached hydrogens (primary N) is 1. The lowest BCUT2D eigenvalue weighted by molar-refractivity contribution is -0.132. The van der Waals surface area contributed by atoms with Crippen LogP contribution in [0.15, 0.2) is 23.5 Å². The van der Waals surface area contributed by atoms with Gasteiger partial charge in [0.05, 0.1) is 12.6 Å². The molecule has 0 aromatic heterocycles. The van der Waals surface area contributed by atoms with Gasteiger partial charge in [-0.1, -0.05) is 65.4 Å². The van der Waals surface area contributed by atoms with E-state index < -0.39 is 47.9 Å². The minimum Gasteiger partial charge on any atom is -0.478 e. The van der Waals surface area contributed by atoms with Crippen molar-refractivity contribution in [3.05, 3.63) is 23.5 Å². The fourth-order valence-electron chi connectivity index (χ4n) is 2.97. The van der Waals surface area contributed by atoms with Gasteiger partial charge in [0.1, 0.15) is 17.4 Å². The van der Waals surface area contributed by atoms with Crippen LogP contribution in [0.5, 0.6) is 0 Å². The van der Waals surface area contributed by atoms with Gasteiger partial charge in [-0.2, -0.15) is 0 Å². The van der Waals surface area contributed by atoms with Gasteiger partial charge in [-0.15, -0.1) is 0 Å². The summed E-state index contributed by atoms with van der Waals surface area (Å²) in [4.78, 5) is 70.5. The van der Waals surface area contributed by atoms with Crippen molar-refractivity contribution in [3.8, 4) is 0 Å². The van der Waals surface area contributed by atoms with Gasteiger partial charge in [0.25, 0.3) is 11.8 Å². The van der Waals surface area contributed by atoms with E-state index in [0.717, 1.165) is 32.1 Å². The molecule has 0 aromatic carbocycles. The maximum Gasteiger partial charge on any atom is 0.330 e. The number of amides is 5. The molecule has 0 aliphatic rings. The fourth-order valence-corrected chi connectivity index (χ4v) is 2.97. The van der Waals surface area contributed by atoms with Gasteiger partial charge in [0.15, 0.2) is 0 Å². The van der Waals surface area contributed by atoms with Crippen LogP contribution in [-0.4, -0.2) is 53.7 Å². The summed E-state index contributed by atoms with van der Waals surface area (Å²) in [5.74, 6) is -5.06. The third-order valence-corrected chi connectivity index (χ3v) is 4.65. The van der Waals surface area contributed by atoms with E-state index in [0.29, 0.717) is 25.3 Å². The van der Waals surface area contributed by atoms with Crippen molar-refractivity contribution in [2.45, 2.75) is 71.8 Å². The lowest BCUT2D eigenvalue weighted by Crippen LogP contribution is -2.47. The minimum atomic E-state index is -1.51. The second-order valence-electron chi connectivity index (χ2n) is 8.20. The number of aliphatic carboxylic acids is 1. The van der Waals surface area contributed by atoms with Crippen LogP contribution in [0, 0.1) is 5.92 Å². The van der Waals surface area contributed by atoms with E-state index in [9.17, 15) is 28.8 Å². The topological polar surface area (TPSA) is 197 Å². The Morgan fingerprint density at radius 1 is 0.943 bits per heavy atom. The van der Waals surface area contributed by atoms with Gasteiger partial charge in [0, 0.05) is 0 Å². The number of carbonyl (C=O) groups is 6. The highest BCUT2D eigenvalue weighted by molar-refractivity contribution is 6.04. The predicted octanol–water partition coefficient (Wildman–Crippen LogP) is 0.194. The number of allylic oxidation sites excluding steroid dienone is 1. The maximum atomic E-state index is 12.6. The Hall–Kier alpha value is -3.70. The summed E-state index contributed by atoms with van der Waals surface area (Å²) in [7, 11) is 0. The molecule has 0 fully saturated rings. The first-order valence-electron chi connectivity index (χ1n) is 11.6. The standard InChI is InChI=1S/C23H37N5O7/c1-4-5-6-7-8-9-10-16(26-14-29)23(35)28-18(12-20(31)32)22(34)25-13-19(30)27-17(21(24)33)11-15(2)3/h11-12,14-16H,4-10,13H2,1-3H3,(H2,24,33)(H,25,34)(H,26,29)(H,27,30)(H,28,35)(H,31,32)/b17-11+,18-12+/t16-/m1/s1. The van der Waals surface area contributed by atoms with Crippen molar-refractivity contribution in [3.63, 3.8) is 0 Å². The molecule has 0 spiro atoms. The average Bonchev–Trinajstić information content (AvgIpc) is 2.77. The average molecular weight is 496 g/mol. The van der Waals surface area contributed by atoms with Crippen LogP contribution in [0.4, 0.5) is 0 Å². The molecular weight excluding hydrogens is 458 g/mol. The number of carboxylic acids is 1. The third kappa shape index (κ3) is 14.9. The van der Waals surface area contributed by atoms with Crippen LogP contribution in [0.2, 0.25) is 0 Å². The number of carboxylic acid groups (broad SMARTS) is 1. The molecule has 0 aromatic rings. The molecule has 196 valence electrons. The lowest BCUT2D eigenvalue weighted by Gasteiger charge is -2.17. The van der Waals surface area contributed by atoms with E-state index in [-0.39, 0.29) is 11.6 Å². The van der Waals surface area contributed by atoms with Crippen LogP contribution in [0.1, 0.15) is 65.7 Å². The number of carbonyl (C=O) groups excluding carboxylic acids is 5. The van der Waals surface area contributed by atoms with Crippen LogP contribution in [0.3, 0.4) is 0 Å². The van der Waals surface area contributed by atoms with E-state index in [2.05, 4.69) is 28.2 Å². The van der Waals surface area contributed by atoms with Gasteiger partial charge in [-0.3, -0.25) is 24.0 Å². The molecule has 1 atom stereocenters. The first kappa shape index (κ1) is 31.3.